The van der Waals surface area contributed by atoms with E-state index in [1.54, 1.807) is 6.92 Å². The molecule has 0 spiro atoms. The molecule has 0 saturated carbocycles. The monoisotopic (exact) mass is 754 g/mol. The number of aromatic nitrogens is 5. The summed E-state index contributed by atoms with van der Waals surface area (Å²) < 4.78 is 55.8. The van der Waals surface area contributed by atoms with Crippen molar-refractivity contribution in [1.82, 2.24) is 29.8 Å². The van der Waals surface area contributed by atoms with Gasteiger partial charge in [-0.1, -0.05) is 39.3 Å². The number of anilines is 2. The van der Waals surface area contributed by atoms with Crippen LogP contribution in [0.15, 0.2) is 29.5 Å². The van der Waals surface area contributed by atoms with Crippen molar-refractivity contribution < 1.29 is 32.3 Å². The molecule has 0 unspecified atom stereocenters. The SMILES string of the molecule is C[C@@H](CONC(=O)CC1CCN(c2ncc3ccn(COCC[Si](C)(C)C)c3n2)CC1)Nc1cnn(COCC[Si](C)(C)C)c(=O)c1C(F)(F)F. The quantitative estimate of drug-likeness (QED) is 0.0934. The van der Waals surface area contributed by atoms with Crippen LogP contribution in [0.4, 0.5) is 24.8 Å². The summed E-state index contributed by atoms with van der Waals surface area (Å²) in [6.45, 7) is 17.4. The summed E-state index contributed by atoms with van der Waals surface area (Å²) in [5.74, 6) is 0.447. The van der Waals surface area contributed by atoms with E-state index >= 15 is 0 Å². The van der Waals surface area contributed by atoms with Crippen molar-refractivity contribution >= 4 is 44.7 Å². The average Bonchev–Trinajstić information content (AvgIpc) is 3.43. The number of amides is 1. The summed E-state index contributed by atoms with van der Waals surface area (Å²) >= 11 is 0. The zero-order valence-corrected chi connectivity index (χ0v) is 32.8. The van der Waals surface area contributed by atoms with Gasteiger partial charge in [0.15, 0.2) is 0 Å². The number of rotatable bonds is 18. The Labute approximate surface area is 299 Å². The van der Waals surface area contributed by atoms with Crippen LogP contribution < -0.4 is 21.3 Å². The number of hydrogen-bond donors (Lipinski definition) is 2. The highest BCUT2D eigenvalue weighted by Gasteiger charge is 2.38. The molecule has 284 valence electrons. The van der Waals surface area contributed by atoms with Gasteiger partial charge in [0.1, 0.15) is 24.7 Å². The zero-order valence-electron chi connectivity index (χ0n) is 30.8. The number of hydroxylamine groups is 1. The molecule has 0 bridgehead atoms. The first kappa shape index (κ1) is 40.4. The van der Waals surface area contributed by atoms with Gasteiger partial charge in [-0.2, -0.15) is 23.3 Å². The summed E-state index contributed by atoms with van der Waals surface area (Å²) in [6.07, 6.45) is 1.59. The standard InChI is InChI=1S/C33H53F3N8O5Si2/c1-24(39-27-20-38-44(23-48-15-17-51(5,6)7)31(46)29(27)33(34,35)36)21-49-41-28(45)18-25-8-11-42(12-9-25)32-37-19-26-10-13-43(30(26)40-32)22-47-14-16-50(2,3)4/h10,13,19-20,24-25,39H,8-9,11-12,14-18,21-23H2,1-7H3,(H,41,45)/t24-/m0/s1. The van der Waals surface area contributed by atoms with E-state index in [4.69, 9.17) is 19.3 Å². The lowest BCUT2D eigenvalue weighted by atomic mass is 9.93. The van der Waals surface area contributed by atoms with Crippen LogP contribution in [0.1, 0.15) is 31.7 Å². The molecule has 2 N–H and O–H groups in total. The summed E-state index contributed by atoms with van der Waals surface area (Å²) in [7, 11) is -2.57. The molecule has 1 atom stereocenters. The number of ether oxygens (including phenoxy) is 2. The number of carbonyl (C=O) groups excluding carboxylic acids is 1. The Hall–Kier alpha value is -3.33. The summed E-state index contributed by atoms with van der Waals surface area (Å²) in [5.41, 5.74) is 0.0871. The molecule has 1 fully saturated rings. The van der Waals surface area contributed by atoms with Gasteiger partial charge in [0, 0.05) is 72.7 Å². The molecule has 3 aromatic rings. The average molecular weight is 755 g/mol. The topological polar surface area (TPSA) is 138 Å². The highest BCUT2D eigenvalue weighted by Crippen LogP contribution is 2.32. The summed E-state index contributed by atoms with van der Waals surface area (Å²) in [4.78, 5) is 42.2. The molecule has 18 heteroatoms. The third-order valence-corrected chi connectivity index (χ3v) is 12.0. The van der Waals surface area contributed by atoms with Crippen LogP contribution in [0, 0.1) is 5.92 Å². The van der Waals surface area contributed by atoms with E-state index in [1.165, 1.54) is 0 Å². The first-order valence-electron chi connectivity index (χ1n) is 17.5. The van der Waals surface area contributed by atoms with Crippen LogP contribution in [0.5, 0.6) is 0 Å². The molecule has 1 saturated heterocycles. The van der Waals surface area contributed by atoms with Gasteiger partial charge in [-0.3, -0.25) is 14.4 Å². The second-order valence-corrected chi connectivity index (χ2v) is 26.9. The lowest BCUT2D eigenvalue weighted by molar-refractivity contribution is -0.138. The fraction of sp³-hybridized carbons (Fsp3) is 0.667. The third-order valence-electron chi connectivity index (χ3n) is 8.55. The molecule has 4 heterocycles. The fourth-order valence-electron chi connectivity index (χ4n) is 5.45. The normalized spacial score (nSPS) is 15.4. The van der Waals surface area contributed by atoms with Gasteiger partial charge in [-0.05, 0) is 43.8 Å². The van der Waals surface area contributed by atoms with Crippen molar-refractivity contribution in [2.24, 2.45) is 5.92 Å². The maximum Gasteiger partial charge on any atom is 0.423 e. The Morgan fingerprint density at radius 3 is 2.29 bits per heavy atom. The molecular weight excluding hydrogens is 702 g/mol. The van der Waals surface area contributed by atoms with Crippen molar-refractivity contribution in [2.75, 3.05) is 43.1 Å². The van der Waals surface area contributed by atoms with Crippen LogP contribution in [0.2, 0.25) is 51.4 Å². The zero-order chi connectivity index (χ0) is 37.4. The molecule has 51 heavy (non-hydrogen) atoms. The van der Waals surface area contributed by atoms with Gasteiger partial charge in [0.25, 0.3) is 5.56 Å². The largest absolute Gasteiger partial charge is 0.423 e. The molecule has 1 aliphatic rings. The molecule has 4 rings (SSSR count). The number of hydrogen-bond acceptors (Lipinski definition) is 10. The van der Waals surface area contributed by atoms with Gasteiger partial charge >= 0.3 is 6.18 Å². The van der Waals surface area contributed by atoms with Crippen molar-refractivity contribution in [1.29, 1.82) is 0 Å². The minimum atomic E-state index is -4.92. The molecule has 0 radical (unpaired) electrons. The fourth-order valence-corrected chi connectivity index (χ4v) is 6.96. The van der Waals surface area contributed by atoms with Crippen LogP contribution >= 0.6 is 0 Å². The van der Waals surface area contributed by atoms with Crippen LogP contribution in [-0.2, 0) is 38.7 Å². The smallest absolute Gasteiger partial charge is 0.378 e. The van der Waals surface area contributed by atoms with Crippen LogP contribution in [0.25, 0.3) is 11.0 Å². The number of nitrogens with zero attached hydrogens (tertiary/aromatic N) is 6. The molecule has 13 nitrogen and oxygen atoms in total. The third kappa shape index (κ3) is 12.7. The summed E-state index contributed by atoms with van der Waals surface area (Å²) in [6, 6.07) is 3.20. The highest BCUT2D eigenvalue weighted by atomic mass is 28.3. The van der Waals surface area contributed by atoms with Gasteiger partial charge < -0.3 is 24.3 Å². The first-order chi connectivity index (χ1) is 23.9. The van der Waals surface area contributed by atoms with E-state index < -0.39 is 45.2 Å². The lowest BCUT2D eigenvalue weighted by Crippen LogP contribution is -2.37. The number of halogens is 3. The molecular formula is C33H53F3N8O5Si2. The summed E-state index contributed by atoms with van der Waals surface area (Å²) in [5, 5.41) is 7.47. The van der Waals surface area contributed by atoms with E-state index in [9.17, 15) is 22.8 Å². The van der Waals surface area contributed by atoms with E-state index in [0.29, 0.717) is 37.1 Å². The first-order valence-corrected chi connectivity index (χ1v) is 24.9. The molecule has 0 aliphatic carbocycles. The molecule has 3 aromatic heterocycles. The minimum absolute atomic E-state index is 0.124. The van der Waals surface area contributed by atoms with Gasteiger partial charge in [-0.15, -0.1) is 0 Å². The van der Waals surface area contributed by atoms with Gasteiger partial charge in [0.2, 0.25) is 11.9 Å². The van der Waals surface area contributed by atoms with Crippen molar-refractivity contribution in [3.8, 4) is 0 Å². The van der Waals surface area contributed by atoms with E-state index in [2.05, 4.69) is 65.1 Å². The number of carbonyl (C=O) groups is 1. The Bertz CT molecular complexity index is 1650. The Morgan fingerprint density at radius 1 is 1.02 bits per heavy atom. The predicted octanol–water partition coefficient (Wildman–Crippen LogP) is 5.79. The Balaban J connectivity index is 1.21. The lowest BCUT2D eigenvalue weighted by Gasteiger charge is -2.31. The second-order valence-electron chi connectivity index (χ2n) is 15.7. The van der Waals surface area contributed by atoms with Crippen molar-refractivity contribution in [2.45, 2.75) is 103 Å². The Kier molecular flexibility index (Phi) is 13.8. The Morgan fingerprint density at radius 2 is 1.67 bits per heavy atom. The van der Waals surface area contributed by atoms with Crippen molar-refractivity contribution in [3.05, 3.63) is 40.6 Å². The number of nitrogens with one attached hydrogen (secondary N) is 2. The van der Waals surface area contributed by atoms with E-state index in [-0.39, 0.29) is 31.6 Å². The van der Waals surface area contributed by atoms with Gasteiger partial charge in [0.05, 0.1) is 18.5 Å². The minimum Gasteiger partial charge on any atom is -0.378 e. The number of alkyl halides is 3. The molecule has 0 aromatic carbocycles. The predicted molar refractivity (Wildman–Crippen MR) is 196 cm³/mol. The molecule has 1 aliphatic heterocycles. The highest BCUT2D eigenvalue weighted by molar-refractivity contribution is 6.76. The van der Waals surface area contributed by atoms with Crippen molar-refractivity contribution in [3.63, 3.8) is 0 Å². The number of piperidine rings is 1. The second kappa shape index (κ2) is 17.5. The maximum atomic E-state index is 13.9. The van der Waals surface area contributed by atoms with E-state index in [1.807, 2.05) is 23.0 Å². The van der Waals surface area contributed by atoms with Gasteiger partial charge in [-0.25, -0.2) is 15.1 Å². The maximum absolute atomic E-state index is 13.9. The van der Waals surface area contributed by atoms with Crippen LogP contribution in [-0.4, -0.2) is 85.3 Å². The number of fused-ring (bicyclic) bond motifs is 1. The van der Waals surface area contributed by atoms with Crippen LogP contribution in [0.3, 0.4) is 0 Å². The molecule has 1 amide bonds. The van der Waals surface area contributed by atoms with E-state index in [0.717, 1.165) is 48.8 Å².